The van der Waals surface area contributed by atoms with E-state index in [0.29, 0.717) is 12.8 Å². The molecule has 0 spiro atoms. The maximum Gasteiger partial charge on any atom is 0.172 e. The van der Waals surface area contributed by atoms with Gasteiger partial charge in [-0.1, -0.05) is 38.6 Å². The largest absolute Gasteiger partial charge is 0.384 e. The highest BCUT2D eigenvalue weighted by Crippen LogP contribution is 2.31. The van der Waals surface area contributed by atoms with Gasteiger partial charge < -0.3 is 5.11 Å². The Labute approximate surface area is 112 Å². The molecule has 4 heteroatoms. The summed E-state index contributed by atoms with van der Waals surface area (Å²) in [6, 6.07) is 6.02. The SMILES string of the molecule is CCSc1ncc2cccc(C(O)(CC)CC)n12. The summed E-state index contributed by atoms with van der Waals surface area (Å²) in [5.41, 5.74) is 1.21. The smallest absolute Gasteiger partial charge is 0.172 e. The highest BCUT2D eigenvalue weighted by molar-refractivity contribution is 7.99. The monoisotopic (exact) mass is 264 g/mol. The van der Waals surface area contributed by atoms with E-state index in [-0.39, 0.29) is 0 Å². The molecule has 18 heavy (non-hydrogen) atoms. The van der Waals surface area contributed by atoms with Crippen LogP contribution in [0.5, 0.6) is 0 Å². The molecule has 98 valence electrons. The second kappa shape index (κ2) is 5.33. The molecule has 0 bridgehead atoms. The molecule has 0 aliphatic rings. The van der Waals surface area contributed by atoms with Crippen molar-refractivity contribution < 1.29 is 5.11 Å². The van der Waals surface area contributed by atoms with Crippen LogP contribution >= 0.6 is 11.8 Å². The first kappa shape index (κ1) is 13.4. The lowest BCUT2D eigenvalue weighted by atomic mass is 9.92. The minimum atomic E-state index is -0.775. The van der Waals surface area contributed by atoms with Crippen LogP contribution in [-0.2, 0) is 5.60 Å². The summed E-state index contributed by atoms with van der Waals surface area (Å²) >= 11 is 1.70. The van der Waals surface area contributed by atoms with Gasteiger partial charge in [-0.3, -0.25) is 4.40 Å². The summed E-state index contributed by atoms with van der Waals surface area (Å²) in [6.07, 6.45) is 3.28. The molecule has 0 saturated heterocycles. The lowest BCUT2D eigenvalue weighted by Gasteiger charge is -2.27. The molecule has 0 aliphatic carbocycles. The molecular formula is C14H20N2OS. The van der Waals surface area contributed by atoms with Crippen LogP contribution in [0.25, 0.3) is 5.52 Å². The third-order valence-electron chi connectivity index (χ3n) is 3.44. The topological polar surface area (TPSA) is 37.5 Å². The first-order valence-electron chi connectivity index (χ1n) is 6.48. The Morgan fingerprint density at radius 3 is 2.61 bits per heavy atom. The van der Waals surface area contributed by atoms with Crippen molar-refractivity contribution in [2.45, 2.75) is 44.4 Å². The van der Waals surface area contributed by atoms with Gasteiger partial charge in [0, 0.05) is 0 Å². The molecule has 0 amide bonds. The van der Waals surface area contributed by atoms with Crippen molar-refractivity contribution in [1.29, 1.82) is 0 Å². The van der Waals surface area contributed by atoms with Gasteiger partial charge in [-0.05, 0) is 30.7 Å². The van der Waals surface area contributed by atoms with Gasteiger partial charge in [-0.2, -0.15) is 0 Å². The van der Waals surface area contributed by atoms with Crippen molar-refractivity contribution >= 4 is 17.3 Å². The highest BCUT2D eigenvalue weighted by Gasteiger charge is 2.28. The predicted molar refractivity (Wildman–Crippen MR) is 76.1 cm³/mol. The van der Waals surface area contributed by atoms with Crippen molar-refractivity contribution in [1.82, 2.24) is 9.38 Å². The van der Waals surface area contributed by atoms with Crippen LogP contribution < -0.4 is 0 Å². The summed E-state index contributed by atoms with van der Waals surface area (Å²) in [6.45, 7) is 6.15. The predicted octanol–water partition coefficient (Wildman–Crippen LogP) is 3.45. The number of hydrogen-bond donors (Lipinski definition) is 1. The Balaban J connectivity index is 2.66. The average Bonchev–Trinajstić information content (AvgIpc) is 2.82. The third kappa shape index (κ3) is 2.15. The molecule has 2 aromatic rings. The van der Waals surface area contributed by atoms with Crippen LogP contribution in [-0.4, -0.2) is 20.2 Å². The van der Waals surface area contributed by atoms with Gasteiger partial charge in [0.05, 0.1) is 17.4 Å². The Morgan fingerprint density at radius 1 is 1.28 bits per heavy atom. The second-order valence-corrected chi connectivity index (χ2v) is 5.61. The number of thioether (sulfide) groups is 1. The zero-order valence-electron chi connectivity index (χ0n) is 11.2. The van der Waals surface area contributed by atoms with Crippen LogP contribution in [0.1, 0.15) is 39.3 Å². The molecule has 1 N–H and O–H groups in total. The number of hydrogen-bond acceptors (Lipinski definition) is 3. The quantitative estimate of drug-likeness (QED) is 0.840. The van der Waals surface area contributed by atoms with Crippen LogP contribution in [0.4, 0.5) is 0 Å². The molecule has 2 rings (SSSR count). The van der Waals surface area contributed by atoms with Gasteiger partial charge in [0.15, 0.2) is 5.16 Å². The van der Waals surface area contributed by atoms with Gasteiger partial charge in [0.25, 0.3) is 0 Å². The summed E-state index contributed by atoms with van der Waals surface area (Å²) in [5.74, 6) is 0.976. The second-order valence-electron chi connectivity index (χ2n) is 4.38. The number of fused-ring (bicyclic) bond motifs is 1. The fourth-order valence-electron chi connectivity index (χ4n) is 2.23. The Hall–Kier alpha value is -1.00. The summed E-state index contributed by atoms with van der Waals surface area (Å²) in [7, 11) is 0. The number of nitrogens with zero attached hydrogens (tertiary/aromatic N) is 2. The van der Waals surface area contributed by atoms with Crippen molar-refractivity contribution in [3.8, 4) is 0 Å². The molecule has 0 atom stereocenters. The molecule has 3 nitrogen and oxygen atoms in total. The van der Waals surface area contributed by atoms with E-state index in [1.807, 2.05) is 38.2 Å². The molecule has 2 aromatic heterocycles. The van der Waals surface area contributed by atoms with Gasteiger partial charge in [0.2, 0.25) is 0 Å². The first-order chi connectivity index (χ1) is 8.66. The van der Waals surface area contributed by atoms with E-state index in [2.05, 4.69) is 16.3 Å². The number of pyridine rings is 1. The minimum absolute atomic E-state index is 0.705. The summed E-state index contributed by atoms with van der Waals surface area (Å²) in [4.78, 5) is 4.44. The zero-order valence-corrected chi connectivity index (χ0v) is 12.0. The molecule has 0 unspecified atom stereocenters. The third-order valence-corrected chi connectivity index (χ3v) is 4.27. The van der Waals surface area contributed by atoms with Crippen molar-refractivity contribution in [3.05, 3.63) is 30.1 Å². The maximum atomic E-state index is 10.8. The highest BCUT2D eigenvalue weighted by atomic mass is 32.2. The normalized spacial score (nSPS) is 12.2. The molecule has 0 saturated carbocycles. The lowest BCUT2D eigenvalue weighted by Crippen LogP contribution is -2.26. The van der Waals surface area contributed by atoms with Gasteiger partial charge in [-0.25, -0.2) is 4.98 Å². The summed E-state index contributed by atoms with van der Waals surface area (Å²) < 4.78 is 2.08. The fourth-order valence-corrected chi connectivity index (χ4v) is 2.94. The van der Waals surface area contributed by atoms with Crippen LogP contribution in [0.15, 0.2) is 29.6 Å². The van der Waals surface area contributed by atoms with E-state index in [1.54, 1.807) is 11.8 Å². The van der Waals surface area contributed by atoms with Crippen LogP contribution in [0.3, 0.4) is 0 Å². The molecule has 0 radical (unpaired) electrons. The summed E-state index contributed by atoms with van der Waals surface area (Å²) in [5, 5.41) is 11.7. The van der Waals surface area contributed by atoms with E-state index >= 15 is 0 Å². The molecule has 2 heterocycles. The standard InChI is InChI=1S/C14H20N2OS/c1-4-14(17,5-2)12-9-7-8-11-10-15-13(16(11)12)18-6-3/h7-10,17H,4-6H2,1-3H3. The van der Waals surface area contributed by atoms with E-state index in [1.165, 1.54) is 0 Å². The van der Waals surface area contributed by atoms with E-state index < -0.39 is 5.60 Å². The Bertz CT molecular complexity index is 532. The fraction of sp³-hybridized carbons (Fsp3) is 0.500. The minimum Gasteiger partial charge on any atom is -0.384 e. The van der Waals surface area contributed by atoms with Gasteiger partial charge >= 0.3 is 0 Å². The Morgan fingerprint density at radius 2 is 2.00 bits per heavy atom. The average molecular weight is 264 g/mol. The number of rotatable bonds is 5. The van der Waals surface area contributed by atoms with Crippen molar-refractivity contribution in [3.63, 3.8) is 0 Å². The molecule has 0 aliphatic heterocycles. The van der Waals surface area contributed by atoms with Gasteiger partial charge in [0.1, 0.15) is 5.60 Å². The molecule has 0 fully saturated rings. The van der Waals surface area contributed by atoms with E-state index in [9.17, 15) is 5.11 Å². The van der Waals surface area contributed by atoms with Crippen LogP contribution in [0.2, 0.25) is 0 Å². The Kier molecular flexibility index (Phi) is 3.97. The van der Waals surface area contributed by atoms with E-state index in [0.717, 1.165) is 22.1 Å². The zero-order chi connectivity index (χ0) is 13.2. The lowest BCUT2D eigenvalue weighted by molar-refractivity contribution is 0.0222. The number of imidazole rings is 1. The molecular weight excluding hydrogens is 244 g/mol. The first-order valence-corrected chi connectivity index (χ1v) is 7.47. The number of aromatic nitrogens is 2. The van der Waals surface area contributed by atoms with Crippen molar-refractivity contribution in [2.24, 2.45) is 0 Å². The van der Waals surface area contributed by atoms with E-state index in [4.69, 9.17) is 0 Å². The number of aliphatic hydroxyl groups is 1. The van der Waals surface area contributed by atoms with Gasteiger partial charge in [-0.15, -0.1) is 0 Å². The maximum absolute atomic E-state index is 10.8. The van der Waals surface area contributed by atoms with Crippen molar-refractivity contribution in [2.75, 3.05) is 5.75 Å². The molecule has 0 aromatic carbocycles. The van der Waals surface area contributed by atoms with Crippen LogP contribution in [0, 0.1) is 0 Å².